The molecule has 2 aromatic heterocycles. The second-order valence-corrected chi connectivity index (χ2v) is 20.3. The highest BCUT2D eigenvalue weighted by Gasteiger charge is 2.90. The molecule has 7 atom stereocenters. The monoisotopic (exact) mass is 461 g/mol. The molecule has 9 nitrogen and oxygen atoms in total. The van der Waals surface area contributed by atoms with Crippen LogP contribution in [0.25, 0.3) is 11.2 Å². The summed E-state index contributed by atoms with van der Waals surface area (Å²) in [6.07, 6.45) is 4.30. The molecule has 11 heteroatoms. The molecule has 5 heterocycles. The van der Waals surface area contributed by atoms with Gasteiger partial charge in [-0.15, -0.1) is 0 Å². The van der Waals surface area contributed by atoms with Crippen molar-refractivity contribution in [1.29, 1.82) is 0 Å². The Morgan fingerprint density at radius 1 is 1.16 bits per heavy atom. The van der Waals surface area contributed by atoms with Gasteiger partial charge in [0.2, 0.25) is 0 Å². The Bertz CT molecular complexity index is 1070. The van der Waals surface area contributed by atoms with Gasteiger partial charge in [-0.3, -0.25) is 0 Å². The molecular formula is C20H31N5O4Si2. The van der Waals surface area contributed by atoms with Gasteiger partial charge < -0.3 is 28.6 Å². The van der Waals surface area contributed by atoms with Gasteiger partial charge in [0, 0.05) is 18.4 Å². The molecule has 0 radical (unpaired) electrons. The van der Waals surface area contributed by atoms with Gasteiger partial charge in [0.05, 0.1) is 24.4 Å². The Kier molecular flexibility index (Phi) is 3.88. The fourth-order valence-corrected chi connectivity index (χ4v) is 8.06. The fraction of sp³-hybridized carbons (Fsp3) is 0.750. The first-order valence-corrected chi connectivity index (χ1v) is 17.9. The highest BCUT2D eigenvalue weighted by atomic mass is 28.4. The number of nitrogens with two attached hydrogens (primary N) is 1. The summed E-state index contributed by atoms with van der Waals surface area (Å²) in [6.45, 7) is 14.0. The van der Waals surface area contributed by atoms with Gasteiger partial charge in [0.1, 0.15) is 11.8 Å². The number of hydrogen-bond donors (Lipinski definition) is 1. The molecule has 2 aromatic rings. The molecule has 3 saturated heterocycles. The van der Waals surface area contributed by atoms with Crippen LogP contribution in [0.15, 0.2) is 12.7 Å². The van der Waals surface area contributed by atoms with E-state index in [-0.39, 0.29) is 29.9 Å². The average molecular weight is 462 g/mol. The Hall–Kier alpha value is -1.38. The van der Waals surface area contributed by atoms with E-state index in [1.165, 1.54) is 6.33 Å². The minimum Gasteiger partial charge on any atom is -0.417 e. The molecule has 7 unspecified atom stereocenters. The Morgan fingerprint density at radius 2 is 1.94 bits per heavy atom. The van der Waals surface area contributed by atoms with Crippen molar-refractivity contribution in [3.05, 3.63) is 12.7 Å². The van der Waals surface area contributed by atoms with Crippen LogP contribution in [0.3, 0.4) is 0 Å². The van der Waals surface area contributed by atoms with E-state index in [9.17, 15) is 0 Å². The van der Waals surface area contributed by atoms with Crippen LogP contribution in [0.2, 0.25) is 39.3 Å². The maximum Gasteiger partial charge on any atom is 0.198 e. The predicted molar refractivity (Wildman–Crippen MR) is 119 cm³/mol. The van der Waals surface area contributed by atoms with Crippen molar-refractivity contribution in [3.8, 4) is 0 Å². The molecule has 168 valence electrons. The minimum absolute atomic E-state index is 0.0269. The van der Waals surface area contributed by atoms with Crippen LogP contribution in [-0.2, 0) is 18.3 Å². The normalized spacial score (nSPS) is 40.6. The lowest BCUT2D eigenvalue weighted by Gasteiger charge is -2.47. The molecule has 3 aliphatic heterocycles. The number of fused-ring (bicyclic) bond motifs is 1. The maximum atomic E-state index is 6.87. The van der Waals surface area contributed by atoms with E-state index in [1.807, 2.05) is 0 Å². The fourth-order valence-electron chi connectivity index (χ4n) is 6.08. The van der Waals surface area contributed by atoms with Crippen LogP contribution >= 0.6 is 0 Å². The van der Waals surface area contributed by atoms with Crippen molar-refractivity contribution < 1.29 is 18.3 Å². The van der Waals surface area contributed by atoms with Crippen molar-refractivity contribution in [3.63, 3.8) is 0 Å². The summed E-state index contributed by atoms with van der Waals surface area (Å²) in [5, 5.41) is 0. The lowest BCUT2D eigenvalue weighted by Crippen LogP contribution is -2.57. The molecule has 2 saturated carbocycles. The second-order valence-electron chi connectivity index (χ2n) is 11.3. The first-order valence-electron chi connectivity index (χ1n) is 11.1. The van der Waals surface area contributed by atoms with Crippen molar-refractivity contribution >= 4 is 33.6 Å². The number of ether oxygens (including phenoxy) is 2. The molecular weight excluding hydrogens is 430 g/mol. The quantitative estimate of drug-likeness (QED) is 0.655. The minimum atomic E-state index is -1.88. The molecule has 0 aromatic carbocycles. The Labute approximate surface area is 183 Å². The van der Waals surface area contributed by atoms with E-state index in [0.717, 1.165) is 12.1 Å². The van der Waals surface area contributed by atoms with Gasteiger partial charge in [-0.25, -0.2) is 15.0 Å². The van der Waals surface area contributed by atoms with Crippen LogP contribution in [-0.4, -0.2) is 60.4 Å². The summed E-state index contributed by atoms with van der Waals surface area (Å²) in [5.41, 5.74) is 7.35. The lowest BCUT2D eigenvalue weighted by atomic mass is 9.93. The first kappa shape index (κ1) is 20.2. The van der Waals surface area contributed by atoms with Crippen LogP contribution in [0.1, 0.15) is 12.5 Å². The van der Waals surface area contributed by atoms with Gasteiger partial charge in [0.25, 0.3) is 0 Å². The molecule has 0 amide bonds. The van der Waals surface area contributed by atoms with E-state index in [1.54, 1.807) is 6.33 Å². The number of nitrogens with zero attached hydrogens (tertiary/aromatic N) is 4. The summed E-state index contributed by atoms with van der Waals surface area (Å²) in [5.74, 6) is -0.302. The van der Waals surface area contributed by atoms with Crippen molar-refractivity contribution in [2.75, 3.05) is 12.3 Å². The number of hydrogen-bond acceptors (Lipinski definition) is 8. The third-order valence-corrected chi connectivity index (χ3v) is 8.98. The summed E-state index contributed by atoms with van der Waals surface area (Å²) >= 11 is 0. The van der Waals surface area contributed by atoms with Crippen LogP contribution < -0.4 is 5.73 Å². The zero-order valence-electron chi connectivity index (χ0n) is 19.0. The molecule has 5 aliphatic rings. The van der Waals surface area contributed by atoms with Crippen molar-refractivity contribution in [2.45, 2.75) is 69.4 Å². The molecule has 4 bridgehead atoms. The van der Waals surface area contributed by atoms with E-state index in [0.29, 0.717) is 17.9 Å². The SMILES string of the molecule is C[Si](C)(C)OCC1C2CC3C4C(n5cnc6c(N)ncnc65)C4(O2)OC13O[Si](C)(C)C. The largest absolute Gasteiger partial charge is 0.417 e. The third-order valence-electron chi connectivity index (χ3n) is 7.01. The lowest BCUT2D eigenvalue weighted by molar-refractivity contribution is -0.352. The molecule has 5 fully saturated rings. The summed E-state index contributed by atoms with van der Waals surface area (Å²) in [4.78, 5) is 13.0. The van der Waals surface area contributed by atoms with Crippen molar-refractivity contribution in [1.82, 2.24) is 19.5 Å². The van der Waals surface area contributed by atoms with E-state index < -0.39 is 28.2 Å². The number of rotatable bonds is 6. The van der Waals surface area contributed by atoms with Crippen molar-refractivity contribution in [2.24, 2.45) is 17.8 Å². The summed E-state index contributed by atoms with van der Waals surface area (Å²) in [6, 6.07) is 0.0269. The van der Waals surface area contributed by atoms with Gasteiger partial charge in [0.15, 0.2) is 39.7 Å². The average Bonchev–Trinajstić information content (AvgIpc) is 2.87. The number of anilines is 1. The van der Waals surface area contributed by atoms with E-state index >= 15 is 0 Å². The maximum absolute atomic E-state index is 6.87. The molecule has 2 N–H and O–H groups in total. The second kappa shape index (κ2) is 5.94. The number of aromatic nitrogens is 4. The van der Waals surface area contributed by atoms with Gasteiger partial charge in [-0.2, -0.15) is 0 Å². The van der Waals surface area contributed by atoms with Gasteiger partial charge >= 0.3 is 0 Å². The van der Waals surface area contributed by atoms with Crippen LogP contribution in [0, 0.1) is 17.8 Å². The summed E-state index contributed by atoms with van der Waals surface area (Å²) in [7, 11) is -3.54. The third kappa shape index (κ3) is 2.70. The standard InChI is InChI=1S/C20H31N5O4Si2/c1-30(2,3)26-8-12-13-7-11-14-16(25-10-24-15-17(21)22-9-23-18(15)25)20(14,27-13)28-19(11,12)29-31(4,5)6/h9-14,16H,7-8H2,1-6H3,(H2,21,22,23). The Morgan fingerprint density at radius 3 is 2.65 bits per heavy atom. The van der Waals surface area contributed by atoms with Crippen LogP contribution in [0.5, 0.6) is 0 Å². The number of nitrogen functional groups attached to an aromatic ring is 1. The topological polar surface area (TPSA) is 107 Å². The first-order chi connectivity index (χ1) is 14.5. The smallest absolute Gasteiger partial charge is 0.198 e. The molecule has 7 rings (SSSR count). The van der Waals surface area contributed by atoms with Gasteiger partial charge in [-0.05, 0) is 45.7 Å². The zero-order chi connectivity index (χ0) is 22.0. The highest BCUT2D eigenvalue weighted by Crippen LogP contribution is 2.79. The Balaban J connectivity index is 1.36. The van der Waals surface area contributed by atoms with E-state index in [4.69, 9.17) is 24.1 Å². The van der Waals surface area contributed by atoms with Crippen LogP contribution in [0.4, 0.5) is 5.82 Å². The highest BCUT2D eigenvalue weighted by molar-refractivity contribution is 6.70. The van der Waals surface area contributed by atoms with Gasteiger partial charge in [-0.1, -0.05) is 0 Å². The number of imidazole rings is 1. The molecule has 2 aliphatic carbocycles. The zero-order valence-corrected chi connectivity index (χ0v) is 21.0. The van der Waals surface area contributed by atoms with E-state index in [2.05, 4.69) is 58.8 Å². The molecule has 31 heavy (non-hydrogen) atoms. The predicted octanol–water partition coefficient (Wildman–Crippen LogP) is 2.74. The molecule has 1 spiro atoms. The summed E-state index contributed by atoms with van der Waals surface area (Å²) < 4.78 is 28.8.